The Morgan fingerprint density at radius 3 is 3.05 bits per heavy atom. The fraction of sp³-hybridized carbons (Fsp3) is 0.471. The van der Waals surface area contributed by atoms with Crippen molar-refractivity contribution in [2.24, 2.45) is 5.92 Å². The van der Waals surface area contributed by atoms with Gasteiger partial charge in [0.05, 0.1) is 5.69 Å². The zero-order valence-corrected chi connectivity index (χ0v) is 12.6. The van der Waals surface area contributed by atoms with Gasteiger partial charge < -0.3 is 0 Å². The largest absolute Gasteiger partial charge is 0.297 e. The lowest BCUT2D eigenvalue weighted by molar-refractivity contribution is 0.165. The van der Waals surface area contributed by atoms with Crippen molar-refractivity contribution in [2.75, 3.05) is 13.1 Å². The Balaban J connectivity index is 1.58. The molecular weight excluding hydrogens is 260 g/mol. The van der Waals surface area contributed by atoms with Crippen molar-refractivity contribution in [1.82, 2.24) is 19.9 Å². The zero-order valence-electron chi connectivity index (χ0n) is 12.6. The smallest absolute Gasteiger partial charge is 0.125 e. The molecule has 1 fully saturated rings. The Kier molecular flexibility index (Phi) is 4.55. The highest BCUT2D eigenvalue weighted by molar-refractivity contribution is 5.09. The van der Waals surface area contributed by atoms with Gasteiger partial charge in [-0.05, 0) is 56.3 Å². The third kappa shape index (κ3) is 4.08. The maximum Gasteiger partial charge on any atom is 0.125 e. The van der Waals surface area contributed by atoms with E-state index in [4.69, 9.17) is 0 Å². The van der Waals surface area contributed by atoms with Crippen molar-refractivity contribution in [3.05, 3.63) is 53.9 Å². The maximum absolute atomic E-state index is 4.51. The van der Waals surface area contributed by atoms with Gasteiger partial charge in [0.15, 0.2) is 0 Å². The number of rotatable bonds is 4. The third-order valence-electron chi connectivity index (χ3n) is 4.07. The molecule has 0 radical (unpaired) electrons. The topological polar surface area (TPSA) is 41.9 Å². The average Bonchev–Trinajstić information content (AvgIpc) is 2.49. The van der Waals surface area contributed by atoms with Crippen molar-refractivity contribution >= 4 is 0 Å². The second kappa shape index (κ2) is 6.76. The van der Waals surface area contributed by atoms with Gasteiger partial charge in [0.25, 0.3) is 0 Å². The molecule has 1 unspecified atom stereocenters. The van der Waals surface area contributed by atoms with Crippen LogP contribution in [0.3, 0.4) is 0 Å². The van der Waals surface area contributed by atoms with Gasteiger partial charge >= 0.3 is 0 Å². The molecule has 2 aromatic heterocycles. The van der Waals surface area contributed by atoms with Crippen LogP contribution in [0, 0.1) is 12.8 Å². The van der Waals surface area contributed by atoms with Gasteiger partial charge in [-0.15, -0.1) is 0 Å². The van der Waals surface area contributed by atoms with Crippen LogP contribution in [0.5, 0.6) is 0 Å². The van der Waals surface area contributed by atoms with E-state index in [1.165, 1.54) is 24.9 Å². The van der Waals surface area contributed by atoms with Gasteiger partial charge in [-0.3, -0.25) is 9.88 Å². The Morgan fingerprint density at radius 2 is 2.24 bits per heavy atom. The number of pyridine rings is 1. The minimum Gasteiger partial charge on any atom is -0.297 e. The first-order valence-corrected chi connectivity index (χ1v) is 7.69. The van der Waals surface area contributed by atoms with Crippen molar-refractivity contribution < 1.29 is 0 Å². The van der Waals surface area contributed by atoms with Gasteiger partial charge in [-0.1, -0.05) is 6.07 Å². The Hall–Kier alpha value is -1.81. The standard InChI is InChI=1S/C17H22N4/c1-14-19-8-6-17(20-14)13-21-9-3-5-16(12-21)10-15-4-2-7-18-11-15/h2,4,6-8,11,16H,3,5,9-10,12-13H2,1H3. The molecule has 1 atom stereocenters. The molecule has 1 aliphatic heterocycles. The molecule has 1 aliphatic rings. The van der Waals surface area contributed by atoms with E-state index in [1.54, 1.807) is 0 Å². The van der Waals surface area contributed by atoms with E-state index in [1.807, 2.05) is 37.6 Å². The Morgan fingerprint density at radius 1 is 1.29 bits per heavy atom. The lowest BCUT2D eigenvalue weighted by Gasteiger charge is -2.32. The molecule has 0 aliphatic carbocycles. The summed E-state index contributed by atoms with van der Waals surface area (Å²) in [5.74, 6) is 1.59. The van der Waals surface area contributed by atoms with Crippen molar-refractivity contribution in [3.63, 3.8) is 0 Å². The molecule has 21 heavy (non-hydrogen) atoms. The van der Waals surface area contributed by atoms with Gasteiger partial charge in [0.2, 0.25) is 0 Å². The molecule has 0 aromatic carbocycles. The normalized spacial score (nSPS) is 19.6. The predicted octanol–water partition coefficient (Wildman–Crippen LogP) is 2.63. The van der Waals surface area contributed by atoms with Crippen LogP contribution in [-0.2, 0) is 13.0 Å². The highest BCUT2D eigenvalue weighted by Crippen LogP contribution is 2.21. The third-order valence-corrected chi connectivity index (χ3v) is 4.07. The molecule has 3 heterocycles. The highest BCUT2D eigenvalue weighted by atomic mass is 15.1. The van der Waals surface area contributed by atoms with Crippen LogP contribution in [0.1, 0.15) is 29.9 Å². The van der Waals surface area contributed by atoms with E-state index in [0.29, 0.717) is 0 Å². The molecule has 110 valence electrons. The van der Waals surface area contributed by atoms with Gasteiger partial charge in [0, 0.05) is 31.7 Å². The van der Waals surface area contributed by atoms with E-state index in [-0.39, 0.29) is 0 Å². The second-order valence-electron chi connectivity index (χ2n) is 5.90. The van der Waals surface area contributed by atoms with Crippen LogP contribution in [0.15, 0.2) is 36.8 Å². The summed E-state index contributed by atoms with van der Waals surface area (Å²) in [5.41, 5.74) is 2.48. The first-order chi connectivity index (χ1) is 10.3. The quantitative estimate of drug-likeness (QED) is 0.864. The number of aryl methyl sites for hydroxylation is 1. The fourth-order valence-corrected chi connectivity index (χ4v) is 3.14. The maximum atomic E-state index is 4.51. The fourth-order valence-electron chi connectivity index (χ4n) is 3.14. The summed E-state index contributed by atoms with van der Waals surface area (Å²) in [5, 5.41) is 0. The van der Waals surface area contributed by atoms with Crippen LogP contribution in [0.25, 0.3) is 0 Å². The van der Waals surface area contributed by atoms with E-state index in [0.717, 1.165) is 36.9 Å². The lowest BCUT2D eigenvalue weighted by atomic mass is 9.92. The lowest BCUT2D eigenvalue weighted by Crippen LogP contribution is -2.36. The number of hydrogen-bond donors (Lipinski definition) is 0. The van der Waals surface area contributed by atoms with Crippen LogP contribution in [-0.4, -0.2) is 32.9 Å². The van der Waals surface area contributed by atoms with Gasteiger partial charge in [-0.25, -0.2) is 9.97 Å². The summed E-state index contributed by atoms with van der Waals surface area (Å²) in [6.45, 7) is 5.21. The monoisotopic (exact) mass is 282 g/mol. The summed E-state index contributed by atoms with van der Waals surface area (Å²) < 4.78 is 0. The van der Waals surface area contributed by atoms with Crippen molar-refractivity contribution in [2.45, 2.75) is 32.7 Å². The van der Waals surface area contributed by atoms with Gasteiger partial charge in [-0.2, -0.15) is 0 Å². The summed E-state index contributed by atoms with van der Waals surface area (Å²) in [7, 11) is 0. The van der Waals surface area contributed by atoms with Crippen LogP contribution in [0.4, 0.5) is 0 Å². The number of nitrogens with zero attached hydrogens (tertiary/aromatic N) is 4. The average molecular weight is 282 g/mol. The minimum atomic E-state index is 0.728. The molecule has 0 bridgehead atoms. The predicted molar refractivity (Wildman–Crippen MR) is 82.7 cm³/mol. The summed E-state index contributed by atoms with van der Waals surface area (Å²) in [6.07, 6.45) is 9.41. The molecule has 2 aromatic rings. The highest BCUT2D eigenvalue weighted by Gasteiger charge is 2.20. The summed E-state index contributed by atoms with van der Waals surface area (Å²) in [4.78, 5) is 15.4. The van der Waals surface area contributed by atoms with Crippen molar-refractivity contribution in [1.29, 1.82) is 0 Å². The zero-order chi connectivity index (χ0) is 14.5. The molecule has 0 N–H and O–H groups in total. The van der Waals surface area contributed by atoms with Crippen molar-refractivity contribution in [3.8, 4) is 0 Å². The van der Waals surface area contributed by atoms with Crippen LogP contribution >= 0.6 is 0 Å². The van der Waals surface area contributed by atoms with E-state index >= 15 is 0 Å². The molecule has 0 saturated carbocycles. The minimum absolute atomic E-state index is 0.728. The molecule has 4 heteroatoms. The number of aromatic nitrogens is 3. The van der Waals surface area contributed by atoms with E-state index < -0.39 is 0 Å². The number of hydrogen-bond acceptors (Lipinski definition) is 4. The summed E-state index contributed by atoms with van der Waals surface area (Å²) in [6, 6.07) is 6.23. The number of piperidine rings is 1. The first kappa shape index (κ1) is 14.1. The van der Waals surface area contributed by atoms with Crippen LogP contribution in [0.2, 0.25) is 0 Å². The molecule has 0 spiro atoms. The van der Waals surface area contributed by atoms with E-state index in [9.17, 15) is 0 Å². The van der Waals surface area contributed by atoms with E-state index in [2.05, 4.69) is 25.9 Å². The molecule has 1 saturated heterocycles. The Labute approximate surface area is 126 Å². The number of likely N-dealkylation sites (tertiary alicyclic amines) is 1. The summed E-state index contributed by atoms with van der Waals surface area (Å²) >= 11 is 0. The molecule has 0 amide bonds. The SMILES string of the molecule is Cc1nccc(CN2CCCC(Cc3cccnc3)C2)n1. The Bertz CT molecular complexity index is 570. The second-order valence-corrected chi connectivity index (χ2v) is 5.90. The van der Waals surface area contributed by atoms with Gasteiger partial charge in [0.1, 0.15) is 5.82 Å². The van der Waals surface area contributed by atoms with Crippen LogP contribution < -0.4 is 0 Å². The molecule has 3 rings (SSSR count). The molecular formula is C17H22N4. The first-order valence-electron chi connectivity index (χ1n) is 7.69. The molecule has 4 nitrogen and oxygen atoms in total.